The monoisotopic (exact) mass is 510 g/mol. The van der Waals surface area contributed by atoms with Crippen LogP contribution in [-0.2, 0) is 11.2 Å². The predicted octanol–water partition coefficient (Wildman–Crippen LogP) is 5.20. The summed E-state index contributed by atoms with van der Waals surface area (Å²) in [6.45, 7) is 5.26. The van der Waals surface area contributed by atoms with E-state index in [1.54, 1.807) is 59.7 Å². The zero-order chi connectivity index (χ0) is 25.7. The predicted molar refractivity (Wildman–Crippen MR) is 138 cm³/mol. The van der Waals surface area contributed by atoms with Crippen LogP contribution in [0, 0.1) is 11.7 Å². The van der Waals surface area contributed by atoms with Gasteiger partial charge in [-0.25, -0.2) is 4.39 Å². The Morgan fingerprint density at radius 2 is 1.92 bits per heavy atom. The fourth-order valence-corrected chi connectivity index (χ4v) is 5.36. The van der Waals surface area contributed by atoms with Gasteiger partial charge in [0.1, 0.15) is 30.5 Å². The van der Waals surface area contributed by atoms with Crippen molar-refractivity contribution in [1.29, 1.82) is 0 Å². The van der Waals surface area contributed by atoms with E-state index in [0.717, 1.165) is 12.0 Å². The van der Waals surface area contributed by atoms with Crippen molar-refractivity contribution in [2.45, 2.75) is 26.3 Å². The Labute approximate surface area is 215 Å². The number of carbonyl (C=O) groups is 2. The molecule has 4 rings (SSSR count). The molecule has 1 aliphatic rings. The van der Waals surface area contributed by atoms with Crippen LogP contribution in [0.3, 0.4) is 0 Å². The summed E-state index contributed by atoms with van der Waals surface area (Å²) in [7, 11) is 1.56. The van der Waals surface area contributed by atoms with Gasteiger partial charge in [-0.1, -0.05) is 19.9 Å². The molecule has 0 aliphatic carbocycles. The molecule has 0 fully saturated rings. The van der Waals surface area contributed by atoms with E-state index in [1.807, 2.05) is 30.2 Å². The second-order valence-corrected chi connectivity index (χ2v) is 10.2. The van der Waals surface area contributed by atoms with Crippen molar-refractivity contribution >= 4 is 23.2 Å². The summed E-state index contributed by atoms with van der Waals surface area (Å²) in [6.07, 6.45) is 0.764. The number of thiophene rings is 1. The number of fused-ring (bicyclic) bond motifs is 1. The number of hydrogen-bond donors (Lipinski definition) is 0. The molecule has 36 heavy (non-hydrogen) atoms. The Morgan fingerprint density at radius 1 is 1.14 bits per heavy atom. The van der Waals surface area contributed by atoms with Gasteiger partial charge in [0.15, 0.2) is 0 Å². The van der Waals surface area contributed by atoms with Crippen LogP contribution in [0.2, 0.25) is 0 Å². The van der Waals surface area contributed by atoms with Gasteiger partial charge in [-0.05, 0) is 71.8 Å². The van der Waals surface area contributed by atoms with E-state index in [9.17, 15) is 14.0 Å². The van der Waals surface area contributed by atoms with Crippen LogP contribution in [0.25, 0.3) is 0 Å². The molecule has 1 unspecified atom stereocenters. The molecule has 3 aromatic rings. The molecule has 8 heteroatoms. The first-order valence-electron chi connectivity index (χ1n) is 12.0. The minimum absolute atomic E-state index is 0.0270. The Balaban J connectivity index is 1.53. The summed E-state index contributed by atoms with van der Waals surface area (Å²) < 4.78 is 24.5. The van der Waals surface area contributed by atoms with Crippen LogP contribution in [0.5, 0.6) is 11.5 Å². The molecular weight excluding hydrogens is 479 g/mol. The third kappa shape index (κ3) is 6.05. The van der Waals surface area contributed by atoms with Gasteiger partial charge in [-0.3, -0.25) is 9.59 Å². The summed E-state index contributed by atoms with van der Waals surface area (Å²) in [6, 6.07) is 14.6. The maximum Gasteiger partial charge on any atom is 0.254 e. The van der Waals surface area contributed by atoms with E-state index in [2.05, 4.69) is 0 Å². The maximum atomic E-state index is 13.7. The quantitative estimate of drug-likeness (QED) is 0.397. The SMILES string of the molecule is COc1cccc(C(=O)N(CC(=O)N2CCc3sccc3C2COc2ccc(F)cc2)CC(C)C)c1. The van der Waals surface area contributed by atoms with Gasteiger partial charge in [0.05, 0.1) is 13.2 Å². The van der Waals surface area contributed by atoms with Crippen LogP contribution in [0.4, 0.5) is 4.39 Å². The second-order valence-electron chi connectivity index (χ2n) is 9.23. The van der Waals surface area contributed by atoms with Gasteiger partial charge in [-0.2, -0.15) is 0 Å². The molecular formula is C28H31FN2O4S. The number of methoxy groups -OCH3 is 1. The van der Waals surface area contributed by atoms with Crippen molar-refractivity contribution < 1.29 is 23.5 Å². The lowest BCUT2D eigenvalue weighted by Crippen LogP contribution is -2.48. The van der Waals surface area contributed by atoms with Crippen molar-refractivity contribution in [3.63, 3.8) is 0 Å². The number of carbonyl (C=O) groups excluding carboxylic acids is 2. The molecule has 0 saturated heterocycles. The molecule has 0 saturated carbocycles. The molecule has 2 heterocycles. The smallest absolute Gasteiger partial charge is 0.254 e. The van der Waals surface area contributed by atoms with Gasteiger partial charge in [-0.15, -0.1) is 11.3 Å². The fraction of sp³-hybridized carbons (Fsp3) is 0.357. The summed E-state index contributed by atoms with van der Waals surface area (Å²) >= 11 is 1.67. The first-order chi connectivity index (χ1) is 17.4. The number of halogens is 1. The Hall–Kier alpha value is -3.39. The van der Waals surface area contributed by atoms with Gasteiger partial charge >= 0.3 is 0 Å². The molecule has 2 aromatic carbocycles. The molecule has 1 atom stereocenters. The average molecular weight is 511 g/mol. The molecule has 2 amide bonds. The standard InChI is InChI=1S/C28H31FN2O4S/c1-19(2)16-30(28(33)20-5-4-6-23(15-20)34-3)17-27(32)31-13-11-26-24(12-14-36-26)25(31)18-35-22-9-7-21(29)8-10-22/h4-10,12,14-15,19,25H,11,13,16-18H2,1-3H3. The normalized spacial score (nSPS) is 14.9. The lowest BCUT2D eigenvalue weighted by Gasteiger charge is -2.37. The van der Waals surface area contributed by atoms with Crippen LogP contribution >= 0.6 is 11.3 Å². The van der Waals surface area contributed by atoms with Crippen molar-refractivity contribution in [1.82, 2.24) is 9.80 Å². The first kappa shape index (κ1) is 25.7. The van der Waals surface area contributed by atoms with Gasteiger partial charge in [0, 0.05) is 23.5 Å². The highest BCUT2D eigenvalue weighted by atomic mass is 32.1. The zero-order valence-electron chi connectivity index (χ0n) is 20.8. The highest BCUT2D eigenvalue weighted by Gasteiger charge is 2.33. The van der Waals surface area contributed by atoms with E-state index < -0.39 is 0 Å². The van der Waals surface area contributed by atoms with Gasteiger partial charge in [0.2, 0.25) is 5.91 Å². The lowest BCUT2D eigenvalue weighted by atomic mass is 10.00. The molecule has 6 nitrogen and oxygen atoms in total. The minimum atomic E-state index is -0.331. The number of rotatable bonds is 9. The third-order valence-electron chi connectivity index (χ3n) is 6.15. The fourth-order valence-electron chi connectivity index (χ4n) is 4.43. The van der Waals surface area contributed by atoms with Crippen LogP contribution < -0.4 is 9.47 Å². The lowest BCUT2D eigenvalue weighted by molar-refractivity contribution is -0.135. The summed E-state index contributed by atoms with van der Waals surface area (Å²) in [4.78, 5) is 31.7. The van der Waals surface area contributed by atoms with E-state index >= 15 is 0 Å². The summed E-state index contributed by atoms with van der Waals surface area (Å²) in [5.74, 6) is 0.661. The maximum absolute atomic E-state index is 13.7. The minimum Gasteiger partial charge on any atom is -0.497 e. The number of hydrogen-bond acceptors (Lipinski definition) is 5. The van der Waals surface area contributed by atoms with E-state index in [4.69, 9.17) is 9.47 Å². The first-order valence-corrected chi connectivity index (χ1v) is 12.9. The Bertz CT molecular complexity index is 1190. The van der Waals surface area contributed by atoms with Crippen LogP contribution in [0.15, 0.2) is 60.0 Å². The van der Waals surface area contributed by atoms with Crippen LogP contribution in [0.1, 0.15) is 40.7 Å². The highest BCUT2D eigenvalue weighted by Crippen LogP contribution is 2.34. The highest BCUT2D eigenvalue weighted by molar-refractivity contribution is 7.10. The summed E-state index contributed by atoms with van der Waals surface area (Å²) in [5, 5.41) is 2.03. The number of amides is 2. The van der Waals surface area contributed by atoms with Gasteiger partial charge < -0.3 is 19.3 Å². The summed E-state index contributed by atoms with van der Waals surface area (Å²) in [5.41, 5.74) is 1.55. The molecule has 0 N–H and O–H groups in total. The van der Waals surface area contributed by atoms with Crippen molar-refractivity contribution in [2.75, 3.05) is 33.4 Å². The molecule has 190 valence electrons. The average Bonchev–Trinajstić information content (AvgIpc) is 3.36. The molecule has 1 aromatic heterocycles. The van der Waals surface area contributed by atoms with Gasteiger partial charge in [0.25, 0.3) is 5.91 Å². The number of nitrogens with zero attached hydrogens (tertiary/aromatic N) is 2. The Kier molecular flexibility index (Phi) is 8.25. The van der Waals surface area contributed by atoms with E-state index in [0.29, 0.717) is 30.2 Å². The van der Waals surface area contributed by atoms with E-state index in [-0.39, 0.29) is 42.7 Å². The topological polar surface area (TPSA) is 59.1 Å². The molecule has 0 radical (unpaired) electrons. The molecule has 1 aliphatic heterocycles. The number of benzene rings is 2. The molecule has 0 spiro atoms. The number of ether oxygens (including phenoxy) is 2. The van der Waals surface area contributed by atoms with Crippen LogP contribution in [-0.4, -0.2) is 55.0 Å². The second kappa shape index (κ2) is 11.6. The van der Waals surface area contributed by atoms with E-state index in [1.165, 1.54) is 17.0 Å². The largest absolute Gasteiger partial charge is 0.497 e. The molecule has 0 bridgehead atoms. The van der Waals surface area contributed by atoms with Crippen molar-refractivity contribution in [3.8, 4) is 11.5 Å². The Morgan fingerprint density at radius 3 is 2.64 bits per heavy atom. The zero-order valence-corrected chi connectivity index (χ0v) is 21.6. The van der Waals surface area contributed by atoms with Crippen molar-refractivity contribution in [3.05, 3.63) is 81.8 Å². The van der Waals surface area contributed by atoms with Crippen molar-refractivity contribution in [2.24, 2.45) is 5.92 Å². The third-order valence-corrected chi connectivity index (χ3v) is 7.15.